The van der Waals surface area contributed by atoms with Gasteiger partial charge >= 0.3 is 0 Å². The maximum absolute atomic E-state index is 13.0. The molecule has 1 amide bonds. The zero-order chi connectivity index (χ0) is 16.4. The van der Waals surface area contributed by atoms with Gasteiger partial charge in [0.2, 0.25) is 5.91 Å². The van der Waals surface area contributed by atoms with Gasteiger partial charge in [0, 0.05) is 24.0 Å². The summed E-state index contributed by atoms with van der Waals surface area (Å²) >= 11 is 5.95. The van der Waals surface area contributed by atoms with Crippen LogP contribution >= 0.6 is 11.6 Å². The van der Waals surface area contributed by atoms with Gasteiger partial charge in [-0.15, -0.1) is 0 Å². The van der Waals surface area contributed by atoms with Crippen molar-refractivity contribution in [3.63, 3.8) is 0 Å². The summed E-state index contributed by atoms with van der Waals surface area (Å²) in [5, 5.41) is 0.689. The van der Waals surface area contributed by atoms with E-state index in [2.05, 4.69) is 0 Å². The number of rotatable bonds is 3. The summed E-state index contributed by atoms with van der Waals surface area (Å²) in [6.07, 6.45) is 1.80. The molecule has 0 aromatic heterocycles. The lowest BCUT2D eigenvalue weighted by molar-refractivity contribution is -0.141. The predicted molar refractivity (Wildman–Crippen MR) is 89.5 cm³/mol. The van der Waals surface area contributed by atoms with Crippen molar-refractivity contribution < 1.29 is 14.3 Å². The zero-order valence-electron chi connectivity index (χ0n) is 13.8. The van der Waals surface area contributed by atoms with Crippen molar-refractivity contribution in [1.82, 2.24) is 4.90 Å². The topological polar surface area (TPSA) is 38.8 Å². The highest BCUT2D eigenvalue weighted by Crippen LogP contribution is 2.31. The molecule has 2 aliphatic heterocycles. The van der Waals surface area contributed by atoms with E-state index in [4.69, 9.17) is 21.1 Å². The molecule has 23 heavy (non-hydrogen) atoms. The third-order valence-corrected chi connectivity index (χ3v) is 5.21. The van der Waals surface area contributed by atoms with Gasteiger partial charge in [-0.25, -0.2) is 0 Å². The van der Waals surface area contributed by atoms with Crippen molar-refractivity contribution >= 4 is 17.5 Å². The van der Waals surface area contributed by atoms with E-state index in [0.29, 0.717) is 24.2 Å². The SMILES string of the molecule is CC(C)(C(=O)N1CCC(C2OCCO2)CC1)c1ccc(Cl)cc1. The average molecular weight is 338 g/mol. The van der Waals surface area contributed by atoms with Crippen LogP contribution in [0.1, 0.15) is 32.3 Å². The second-order valence-electron chi connectivity index (χ2n) is 6.87. The van der Waals surface area contributed by atoms with Gasteiger partial charge in [-0.2, -0.15) is 0 Å². The van der Waals surface area contributed by atoms with E-state index in [-0.39, 0.29) is 12.2 Å². The molecule has 1 aromatic rings. The number of piperidine rings is 1. The zero-order valence-corrected chi connectivity index (χ0v) is 14.5. The van der Waals surface area contributed by atoms with Crippen molar-refractivity contribution in [3.8, 4) is 0 Å². The molecule has 0 spiro atoms. The van der Waals surface area contributed by atoms with Gasteiger partial charge in [0.25, 0.3) is 0 Å². The molecule has 126 valence electrons. The molecule has 0 atom stereocenters. The molecular weight excluding hydrogens is 314 g/mol. The van der Waals surface area contributed by atoms with E-state index < -0.39 is 5.41 Å². The summed E-state index contributed by atoms with van der Waals surface area (Å²) in [4.78, 5) is 14.9. The van der Waals surface area contributed by atoms with Crippen LogP contribution in [0.3, 0.4) is 0 Å². The van der Waals surface area contributed by atoms with Gasteiger partial charge in [0.1, 0.15) is 0 Å². The molecule has 5 heteroatoms. The molecule has 2 heterocycles. The molecule has 2 saturated heterocycles. The van der Waals surface area contributed by atoms with Crippen LogP contribution in [0.5, 0.6) is 0 Å². The van der Waals surface area contributed by atoms with Crippen molar-refractivity contribution in [2.75, 3.05) is 26.3 Å². The van der Waals surface area contributed by atoms with Crippen molar-refractivity contribution in [2.24, 2.45) is 5.92 Å². The number of hydrogen-bond donors (Lipinski definition) is 0. The van der Waals surface area contributed by atoms with Crippen LogP contribution in [0.2, 0.25) is 5.02 Å². The summed E-state index contributed by atoms with van der Waals surface area (Å²) in [7, 11) is 0. The minimum absolute atomic E-state index is 0.0727. The second-order valence-corrected chi connectivity index (χ2v) is 7.31. The van der Waals surface area contributed by atoms with Crippen molar-refractivity contribution in [1.29, 1.82) is 0 Å². The highest BCUT2D eigenvalue weighted by Gasteiger charge is 2.37. The molecule has 0 N–H and O–H groups in total. The number of likely N-dealkylation sites (tertiary alicyclic amines) is 1. The van der Waals surface area contributed by atoms with Gasteiger partial charge in [0.05, 0.1) is 18.6 Å². The largest absolute Gasteiger partial charge is 0.350 e. The minimum atomic E-state index is -0.544. The van der Waals surface area contributed by atoms with E-state index in [1.165, 1.54) is 0 Å². The molecule has 0 aliphatic carbocycles. The molecule has 3 rings (SSSR count). The first-order valence-electron chi connectivity index (χ1n) is 8.27. The van der Waals surface area contributed by atoms with Gasteiger partial charge in [-0.1, -0.05) is 23.7 Å². The van der Waals surface area contributed by atoms with Crippen LogP contribution < -0.4 is 0 Å². The lowest BCUT2D eigenvalue weighted by atomic mass is 9.82. The molecular formula is C18H24ClNO3. The molecule has 0 unspecified atom stereocenters. The van der Waals surface area contributed by atoms with Gasteiger partial charge in [-0.3, -0.25) is 4.79 Å². The fourth-order valence-electron chi connectivity index (χ4n) is 3.41. The lowest BCUT2D eigenvalue weighted by Gasteiger charge is -2.38. The Balaban J connectivity index is 1.62. The first-order valence-corrected chi connectivity index (χ1v) is 8.65. The Labute approximate surface area is 142 Å². The number of amides is 1. The average Bonchev–Trinajstić information content (AvgIpc) is 3.09. The molecule has 0 saturated carbocycles. The summed E-state index contributed by atoms with van der Waals surface area (Å²) in [5.41, 5.74) is 0.453. The maximum Gasteiger partial charge on any atom is 0.232 e. The molecule has 0 bridgehead atoms. The second kappa shape index (κ2) is 6.80. The molecule has 4 nitrogen and oxygen atoms in total. The van der Waals surface area contributed by atoms with E-state index >= 15 is 0 Å². The smallest absolute Gasteiger partial charge is 0.232 e. The third kappa shape index (κ3) is 3.54. The van der Waals surface area contributed by atoms with E-state index in [9.17, 15) is 4.79 Å². The lowest BCUT2D eigenvalue weighted by Crippen LogP contribution is -2.48. The number of halogens is 1. The van der Waals surface area contributed by atoms with E-state index in [1.54, 1.807) is 0 Å². The quantitative estimate of drug-likeness (QED) is 0.850. The van der Waals surface area contributed by atoms with Crippen molar-refractivity contribution in [3.05, 3.63) is 34.9 Å². The van der Waals surface area contributed by atoms with Crippen LogP contribution in [0.15, 0.2) is 24.3 Å². The Hall–Kier alpha value is -1.10. The minimum Gasteiger partial charge on any atom is -0.350 e. The number of nitrogens with zero attached hydrogens (tertiary/aromatic N) is 1. The fourth-order valence-corrected chi connectivity index (χ4v) is 3.53. The van der Waals surface area contributed by atoms with Crippen LogP contribution in [0.4, 0.5) is 0 Å². The Bertz CT molecular complexity index is 544. The highest BCUT2D eigenvalue weighted by atomic mass is 35.5. The highest BCUT2D eigenvalue weighted by molar-refractivity contribution is 6.30. The Morgan fingerprint density at radius 3 is 2.26 bits per heavy atom. The Morgan fingerprint density at radius 2 is 1.70 bits per heavy atom. The van der Waals surface area contributed by atoms with Crippen LogP contribution in [0, 0.1) is 5.92 Å². The normalized spacial score (nSPS) is 20.9. The first kappa shape index (κ1) is 16.7. The summed E-state index contributed by atoms with van der Waals surface area (Å²) in [6.45, 7) is 6.87. The van der Waals surface area contributed by atoms with E-state index in [1.807, 2.05) is 43.0 Å². The van der Waals surface area contributed by atoms with Crippen LogP contribution in [-0.2, 0) is 19.7 Å². The number of carbonyl (C=O) groups is 1. The Kier molecular flexibility index (Phi) is 4.95. The molecule has 2 aliphatic rings. The third-order valence-electron chi connectivity index (χ3n) is 4.96. The molecule has 0 radical (unpaired) electrons. The summed E-state index contributed by atoms with van der Waals surface area (Å²) in [5.74, 6) is 0.576. The van der Waals surface area contributed by atoms with Gasteiger partial charge in [-0.05, 0) is 44.4 Å². The number of ether oxygens (including phenoxy) is 2. The van der Waals surface area contributed by atoms with Crippen LogP contribution in [-0.4, -0.2) is 43.4 Å². The molecule has 2 fully saturated rings. The van der Waals surface area contributed by atoms with Crippen LogP contribution in [0.25, 0.3) is 0 Å². The Morgan fingerprint density at radius 1 is 1.13 bits per heavy atom. The first-order chi connectivity index (χ1) is 11.0. The van der Waals surface area contributed by atoms with Gasteiger partial charge < -0.3 is 14.4 Å². The molecule has 1 aromatic carbocycles. The van der Waals surface area contributed by atoms with Crippen molar-refractivity contribution in [2.45, 2.75) is 38.4 Å². The number of hydrogen-bond acceptors (Lipinski definition) is 3. The number of benzene rings is 1. The monoisotopic (exact) mass is 337 g/mol. The standard InChI is InChI=1S/C18H24ClNO3/c1-18(2,14-3-5-15(19)6-4-14)17(21)20-9-7-13(8-10-20)16-22-11-12-23-16/h3-6,13,16H,7-12H2,1-2H3. The van der Waals surface area contributed by atoms with E-state index in [0.717, 1.165) is 31.5 Å². The fraction of sp³-hybridized carbons (Fsp3) is 0.611. The predicted octanol–water partition coefficient (Wildman–Crippen LogP) is 3.23. The maximum atomic E-state index is 13.0. The van der Waals surface area contributed by atoms with Gasteiger partial charge in [0.15, 0.2) is 6.29 Å². The summed E-state index contributed by atoms with van der Waals surface area (Å²) < 4.78 is 11.2. The summed E-state index contributed by atoms with van der Waals surface area (Å²) in [6, 6.07) is 7.56. The number of carbonyl (C=O) groups excluding carboxylic acids is 1.